The monoisotopic (exact) mass is 362 g/mol. The smallest absolute Gasteiger partial charge is 0.395 e. The van der Waals surface area contributed by atoms with Crippen molar-refractivity contribution in [3.05, 3.63) is 56.3 Å². The maximum atomic E-state index is 12.1. The van der Waals surface area contributed by atoms with Gasteiger partial charge in [-0.25, -0.2) is 0 Å². The van der Waals surface area contributed by atoms with Gasteiger partial charge in [-0.15, -0.1) is 0 Å². The van der Waals surface area contributed by atoms with Crippen LogP contribution < -0.4 is 10.2 Å². The molecule has 0 bridgehead atoms. The van der Waals surface area contributed by atoms with Gasteiger partial charge in [0, 0.05) is 24.8 Å². The molecule has 11 heteroatoms. The number of carbonyl (C=O) groups is 1. The molecule has 3 rings (SSSR count). The van der Waals surface area contributed by atoms with Gasteiger partial charge in [-0.05, 0) is 18.2 Å². The molecule has 0 spiro atoms. The molecular formula is C15H14N4O7. The first-order valence-corrected chi connectivity index (χ1v) is 7.62. The fraction of sp³-hybridized carbons (Fsp3) is 0.267. The maximum absolute atomic E-state index is 12.1. The zero-order chi connectivity index (χ0) is 18.7. The number of nitrogens with zero attached hydrogens (tertiary/aromatic N) is 3. The zero-order valence-corrected chi connectivity index (χ0v) is 13.4. The maximum Gasteiger partial charge on any atom is 0.433 e. The average molecular weight is 362 g/mol. The number of nitrogens with one attached hydrogen (secondary N) is 1. The number of ether oxygens (including phenoxy) is 1. The minimum Gasteiger partial charge on any atom is -0.395 e. The van der Waals surface area contributed by atoms with Crippen molar-refractivity contribution < 1.29 is 23.8 Å². The lowest BCUT2D eigenvalue weighted by molar-refractivity contribution is -0.402. The van der Waals surface area contributed by atoms with E-state index < -0.39 is 21.6 Å². The molecule has 1 aliphatic heterocycles. The number of furan rings is 1. The van der Waals surface area contributed by atoms with Crippen molar-refractivity contribution in [2.75, 3.05) is 36.5 Å². The standard InChI is InChI=1S/C15H14N4O7/c20-15(13-3-4-14(26-13)19(23)24)16-10-1-2-11(12(9-10)18(21)22)17-5-7-25-8-6-17/h1-4,9H,5-8H2,(H,16,20). The molecule has 0 unspecified atom stereocenters. The number of hydrogen-bond donors (Lipinski definition) is 1. The predicted molar refractivity (Wildman–Crippen MR) is 89.4 cm³/mol. The largest absolute Gasteiger partial charge is 0.433 e. The molecule has 1 aromatic carbocycles. The van der Waals surface area contributed by atoms with E-state index in [-0.39, 0.29) is 17.1 Å². The number of amides is 1. The summed E-state index contributed by atoms with van der Waals surface area (Å²) in [4.78, 5) is 34.6. The summed E-state index contributed by atoms with van der Waals surface area (Å²) in [6.07, 6.45) is 0. The van der Waals surface area contributed by atoms with Gasteiger partial charge in [-0.3, -0.25) is 25.0 Å². The third kappa shape index (κ3) is 3.62. The van der Waals surface area contributed by atoms with Crippen LogP contribution in [0.4, 0.5) is 22.9 Å². The SMILES string of the molecule is O=C(Nc1ccc(N2CCOCC2)c([N+](=O)[O-])c1)c1ccc([N+](=O)[O-])o1. The molecule has 0 radical (unpaired) electrons. The van der Waals surface area contributed by atoms with Crippen LogP contribution in [-0.4, -0.2) is 42.1 Å². The Hall–Kier alpha value is -3.47. The lowest BCUT2D eigenvalue weighted by atomic mass is 10.2. The van der Waals surface area contributed by atoms with Gasteiger partial charge < -0.3 is 19.4 Å². The fourth-order valence-electron chi connectivity index (χ4n) is 2.56. The molecule has 1 aromatic heterocycles. The Kier molecular flexibility index (Phi) is 4.80. The van der Waals surface area contributed by atoms with Crippen LogP contribution in [0.3, 0.4) is 0 Å². The van der Waals surface area contributed by atoms with E-state index in [9.17, 15) is 25.0 Å². The molecule has 2 aromatic rings. The Morgan fingerprint density at radius 1 is 1.08 bits per heavy atom. The quantitative estimate of drug-likeness (QED) is 0.630. The Bertz CT molecular complexity index is 857. The highest BCUT2D eigenvalue weighted by atomic mass is 16.6. The van der Waals surface area contributed by atoms with Gasteiger partial charge in [0.15, 0.2) is 5.76 Å². The molecule has 0 saturated carbocycles. The third-order valence-corrected chi connectivity index (χ3v) is 3.78. The lowest BCUT2D eigenvalue weighted by Crippen LogP contribution is -2.36. The summed E-state index contributed by atoms with van der Waals surface area (Å²) in [5.74, 6) is -1.58. The predicted octanol–water partition coefficient (Wildman–Crippen LogP) is 2.18. The van der Waals surface area contributed by atoms with Gasteiger partial charge in [0.2, 0.25) is 0 Å². The van der Waals surface area contributed by atoms with E-state index in [1.54, 1.807) is 6.07 Å². The number of benzene rings is 1. The lowest BCUT2D eigenvalue weighted by Gasteiger charge is -2.28. The summed E-state index contributed by atoms with van der Waals surface area (Å²) in [5, 5.41) is 24.4. The second-order valence-corrected chi connectivity index (χ2v) is 5.41. The number of nitro groups is 2. The van der Waals surface area contributed by atoms with E-state index >= 15 is 0 Å². The van der Waals surface area contributed by atoms with Crippen molar-refractivity contribution >= 4 is 28.9 Å². The molecule has 26 heavy (non-hydrogen) atoms. The molecule has 1 aliphatic rings. The molecule has 2 heterocycles. The van der Waals surface area contributed by atoms with Crippen molar-refractivity contribution in [1.82, 2.24) is 0 Å². The zero-order valence-electron chi connectivity index (χ0n) is 13.4. The van der Waals surface area contributed by atoms with E-state index in [2.05, 4.69) is 5.32 Å². The molecule has 1 fully saturated rings. The van der Waals surface area contributed by atoms with Crippen LogP contribution >= 0.6 is 0 Å². The topological polar surface area (TPSA) is 141 Å². The normalized spacial score (nSPS) is 14.1. The second kappa shape index (κ2) is 7.19. The van der Waals surface area contributed by atoms with E-state index in [0.717, 1.165) is 12.1 Å². The number of carbonyl (C=O) groups excluding carboxylic acids is 1. The van der Waals surface area contributed by atoms with E-state index in [4.69, 9.17) is 9.15 Å². The first-order chi connectivity index (χ1) is 12.5. The number of hydrogen-bond acceptors (Lipinski definition) is 8. The summed E-state index contributed by atoms with van der Waals surface area (Å²) in [6.45, 7) is 2.02. The van der Waals surface area contributed by atoms with Crippen LogP contribution in [0.25, 0.3) is 0 Å². The number of anilines is 2. The molecule has 0 aliphatic carbocycles. The first kappa shape index (κ1) is 17.4. The minimum absolute atomic E-state index is 0.157. The summed E-state index contributed by atoms with van der Waals surface area (Å²) in [5.41, 5.74) is 0.456. The van der Waals surface area contributed by atoms with Crippen molar-refractivity contribution in [3.8, 4) is 0 Å². The molecule has 1 N–H and O–H groups in total. The third-order valence-electron chi connectivity index (χ3n) is 3.78. The second-order valence-electron chi connectivity index (χ2n) is 5.41. The average Bonchev–Trinajstić information content (AvgIpc) is 3.13. The highest BCUT2D eigenvalue weighted by molar-refractivity contribution is 6.02. The summed E-state index contributed by atoms with van der Waals surface area (Å²) in [6, 6.07) is 6.51. The van der Waals surface area contributed by atoms with E-state index in [0.29, 0.717) is 32.0 Å². The molecule has 11 nitrogen and oxygen atoms in total. The molecule has 1 saturated heterocycles. The Morgan fingerprint density at radius 2 is 1.81 bits per heavy atom. The van der Waals surface area contributed by atoms with Gasteiger partial charge in [-0.1, -0.05) is 0 Å². The number of rotatable bonds is 5. The van der Waals surface area contributed by atoms with E-state index in [1.165, 1.54) is 12.1 Å². The highest BCUT2D eigenvalue weighted by Gasteiger charge is 2.23. The summed E-state index contributed by atoms with van der Waals surface area (Å²) < 4.78 is 10.0. The van der Waals surface area contributed by atoms with Gasteiger partial charge in [0.05, 0.1) is 24.2 Å². The van der Waals surface area contributed by atoms with Crippen molar-refractivity contribution in [2.24, 2.45) is 0 Å². The minimum atomic E-state index is -0.765. The first-order valence-electron chi connectivity index (χ1n) is 7.62. The van der Waals surface area contributed by atoms with Crippen LogP contribution in [0.2, 0.25) is 0 Å². The van der Waals surface area contributed by atoms with Gasteiger partial charge in [0.25, 0.3) is 11.6 Å². The van der Waals surface area contributed by atoms with Crippen LogP contribution in [-0.2, 0) is 4.74 Å². The fourth-order valence-corrected chi connectivity index (χ4v) is 2.56. The van der Waals surface area contributed by atoms with Crippen LogP contribution in [0.15, 0.2) is 34.7 Å². The molecule has 1 amide bonds. The van der Waals surface area contributed by atoms with Gasteiger partial charge in [0.1, 0.15) is 10.6 Å². The molecule has 0 atom stereocenters. The summed E-state index contributed by atoms with van der Waals surface area (Å²) in [7, 11) is 0. The Labute approximate surface area is 146 Å². The van der Waals surface area contributed by atoms with Crippen LogP contribution in [0, 0.1) is 20.2 Å². The van der Waals surface area contributed by atoms with Crippen LogP contribution in [0.1, 0.15) is 10.6 Å². The van der Waals surface area contributed by atoms with Crippen LogP contribution in [0.5, 0.6) is 0 Å². The molecular weight excluding hydrogens is 348 g/mol. The molecule has 136 valence electrons. The summed E-state index contributed by atoms with van der Waals surface area (Å²) >= 11 is 0. The van der Waals surface area contributed by atoms with Crippen molar-refractivity contribution in [3.63, 3.8) is 0 Å². The van der Waals surface area contributed by atoms with Gasteiger partial charge >= 0.3 is 5.88 Å². The number of nitro benzene ring substituents is 1. The van der Waals surface area contributed by atoms with Crippen molar-refractivity contribution in [1.29, 1.82) is 0 Å². The van der Waals surface area contributed by atoms with Crippen molar-refractivity contribution in [2.45, 2.75) is 0 Å². The van der Waals surface area contributed by atoms with Gasteiger partial charge in [-0.2, -0.15) is 0 Å². The highest BCUT2D eigenvalue weighted by Crippen LogP contribution is 2.32. The number of morpholine rings is 1. The van der Waals surface area contributed by atoms with E-state index in [1.807, 2.05) is 4.90 Å². The Morgan fingerprint density at radius 3 is 2.42 bits per heavy atom. The Balaban J connectivity index is 1.81.